The van der Waals surface area contributed by atoms with E-state index in [0.717, 1.165) is 16.5 Å². The third kappa shape index (κ3) is 2.56. The summed E-state index contributed by atoms with van der Waals surface area (Å²) in [7, 11) is 0. The topological polar surface area (TPSA) is 69.2 Å². The van der Waals surface area contributed by atoms with Crippen molar-refractivity contribution in [3.05, 3.63) is 48.3 Å². The number of aliphatic hydroxyl groups excluding tert-OH is 1. The van der Waals surface area contributed by atoms with Gasteiger partial charge in [-0.25, -0.2) is 4.39 Å². The fourth-order valence-electron chi connectivity index (χ4n) is 2.36. The minimum absolute atomic E-state index is 0.118. The Kier molecular flexibility index (Phi) is 3.84. The van der Waals surface area contributed by atoms with Gasteiger partial charge < -0.3 is 10.0 Å². The highest BCUT2D eigenvalue weighted by Gasteiger charge is 2.11. The van der Waals surface area contributed by atoms with Crippen molar-refractivity contribution >= 4 is 23.0 Å². The van der Waals surface area contributed by atoms with Gasteiger partial charge in [-0.1, -0.05) is 0 Å². The van der Waals surface area contributed by atoms with Crippen molar-refractivity contribution in [3.8, 4) is 11.3 Å². The molecule has 0 spiro atoms. The second-order valence-corrected chi connectivity index (χ2v) is 4.83. The lowest BCUT2D eigenvalue weighted by atomic mass is 10.1. The molecule has 0 aliphatic rings. The molecule has 22 heavy (non-hydrogen) atoms. The number of aliphatic hydroxyl groups is 1. The minimum Gasteiger partial charge on any atom is -0.395 e. The summed E-state index contributed by atoms with van der Waals surface area (Å²) < 4.78 is 13.0. The van der Waals surface area contributed by atoms with E-state index < -0.39 is 0 Å². The van der Waals surface area contributed by atoms with E-state index in [4.69, 9.17) is 5.11 Å². The number of halogens is 1. The third-order valence-electron chi connectivity index (χ3n) is 3.46. The fraction of sp³-hybridized carbons (Fsp3) is 0.125. The molecule has 0 atom stereocenters. The molecule has 1 amide bonds. The number of H-pyrrole nitrogens is 1. The number of carbonyl (C=O) groups is 1. The Bertz CT molecular complexity index is 799. The van der Waals surface area contributed by atoms with Crippen LogP contribution in [0.2, 0.25) is 0 Å². The quantitative estimate of drug-likeness (QED) is 0.710. The molecule has 0 saturated heterocycles. The van der Waals surface area contributed by atoms with Crippen molar-refractivity contribution in [2.24, 2.45) is 0 Å². The van der Waals surface area contributed by atoms with Crippen LogP contribution in [-0.4, -0.2) is 34.9 Å². The molecular weight excluding hydrogens is 285 g/mol. The number of anilines is 1. The molecule has 5 nitrogen and oxygen atoms in total. The molecule has 1 heterocycles. The monoisotopic (exact) mass is 299 g/mol. The molecule has 0 fully saturated rings. The molecule has 0 radical (unpaired) electrons. The highest BCUT2D eigenvalue weighted by Crippen LogP contribution is 2.29. The lowest BCUT2D eigenvalue weighted by Crippen LogP contribution is -2.24. The van der Waals surface area contributed by atoms with Crippen LogP contribution in [0.4, 0.5) is 10.1 Å². The van der Waals surface area contributed by atoms with Gasteiger partial charge in [-0.3, -0.25) is 9.89 Å². The number of amides is 1. The van der Waals surface area contributed by atoms with E-state index in [1.54, 1.807) is 18.2 Å². The Morgan fingerprint density at radius 1 is 1.23 bits per heavy atom. The molecule has 0 saturated carbocycles. The molecule has 2 aromatic carbocycles. The van der Waals surface area contributed by atoms with E-state index in [1.807, 2.05) is 12.1 Å². The smallest absolute Gasteiger partial charge is 0.214 e. The normalized spacial score (nSPS) is 10.8. The van der Waals surface area contributed by atoms with Gasteiger partial charge in [0.05, 0.1) is 17.8 Å². The Morgan fingerprint density at radius 3 is 2.68 bits per heavy atom. The number of nitrogens with zero attached hydrogens (tertiary/aromatic N) is 2. The summed E-state index contributed by atoms with van der Waals surface area (Å²) in [6.07, 6.45) is 0.676. The zero-order chi connectivity index (χ0) is 15.5. The fourth-order valence-corrected chi connectivity index (χ4v) is 2.36. The molecule has 1 aromatic heterocycles. The van der Waals surface area contributed by atoms with Gasteiger partial charge in [-0.05, 0) is 42.5 Å². The first-order valence-electron chi connectivity index (χ1n) is 6.80. The first kappa shape index (κ1) is 14.2. The largest absolute Gasteiger partial charge is 0.395 e. The summed E-state index contributed by atoms with van der Waals surface area (Å²) in [5.74, 6) is -0.306. The average Bonchev–Trinajstić information content (AvgIpc) is 2.96. The number of rotatable bonds is 5. The maximum absolute atomic E-state index is 13.0. The van der Waals surface area contributed by atoms with Crippen LogP contribution in [-0.2, 0) is 4.79 Å². The molecule has 0 unspecified atom stereocenters. The number of fused-ring (bicyclic) bond motifs is 1. The van der Waals surface area contributed by atoms with Crippen molar-refractivity contribution in [3.63, 3.8) is 0 Å². The summed E-state index contributed by atoms with van der Waals surface area (Å²) >= 11 is 0. The van der Waals surface area contributed by atoms with Gasteiger partial charge in [0.1, 0.15) is 5.82 Å². The second kappa shape index (κ2) is 5.95. The van der Waals surface area contributed by atoms with E-state index in [0.29, 0.717) is 17.8 Å². The molecule has 0 aliphatic carbocycles. The van der Waals surface area contributed by atoms with Crippen LogP contribution in [0.25, 0.3) is 22.2 Å². The highest BCUT2D eigenvalue weighted by molar-refractivity contribution is 5.96. The molecule has 0 bridgehead atoms. The van der Waals surface area contributed by atoms with Crippen LogP contribution in [0.15, 0.2) is 42.5 Å². The average molecular weight is 299 g/mol. The van der Waals surface area contributed by atoms with Crippen molar-refractivity contribution < 1.29 is 14.3 Å². The van der Waals surface area contributed by atoms with Crippen molar-refractivity contribution in [2.75, 3.05) is 18.1 Å². The zero-order valence-electron chi connectivity index (χ0n) is 11.7. The van der Waals surface area contributed by atoms with Crippen LogP contribution < -0.4 is 4.90 Å². The van der Waals surface area contributed by atoms with Gasteiger partial charge in [-0.15, -0.1) is 0 Å². The van der Waals surface area contributed by atoms with Crippen LogP contribution in [0.1, 0.15) is 0 Å². The van der Waals surface area contributed by atoms with Crippen LogP contribution in [0.5, 0.6) is 0 Å². The van der Waals surface area contributed by atoms with Gasteiger partial charge in [0, 0.05) is 23.2 Å². The van der Waals surface area contributed by atoms with E-state index in [-0.39, 0.29) is 19.0 Å². The number of carbonyl (C=O) groups excluding carboxylic acids is 1. The predicted octanol–water partition coefficient (Wildman–Crippen LogP) is 2.32. The first-order valence-corrected chi connectivity index (χ1v) is 6.80. The standard InChI is InChI=1S/C16H14FN3O2/c17-12-3-1-11(2-4-12)16-14-9-13(20(10-22)7-8-21)5-6-15(14)18-19-16/h1-6,9-10,21H,7-8H2,(H,18,19). The van der Waals surface area contributed by atoms with Crippen LogP contribution in [0.3, 0.4) is 0 Å². The molecule has 6 heteroatoms. The van der Waals surface area contributed by atoms with E-state index >= 15 is 0 Å². The molecular formula is C16H14FN3O2. The van der Waals surface area contributed by atoms with E-state index in [2.05, 4.69) is 10.2 Å². The minimum atomic E-state index is -0.306. The Morgan fingerprint density at radius 2 is 2.00 bits per heavy atom. The summed E-state index contributed by atoms with van der Waals surface area (Å²) in [5.41, 5.74) is 2.95. The Hall–Kier alpha value is -2.73. The Labute approximate surface area is 126 Å². The maximum atomic E-state index is 13.0. The van der Waals surface area contributed by atoms with Gasteiger partial charge >= 0.3 is 0 Å². The van der Waals surface area contributed by atoms with E-state index in [9.17, 15) is 9.18 Å². The molecule has 3 aromatic rings. The number of nitrogens with one attached hydrogen (secondary N) is 1. The van der Waals surface area contributed by atoms with Gasteiger partial charge in [0.2, 0.25) is 6.41 Å². The number of hydrogen-bond acceptors (Lipinski definition) is 3. The van der Waals surface area contributed by atoms with Crippen LogP contribution in [0, 0.1) is 5.82 Å². The molecule has 2 N–H and O–H groups in total. The second-order valence-electron chi connectivity index (χ2n) is 4.83. The summed E-state index contributed by atoms with van der Waals surface area (Å²) in [4.78, 5) is 12.5. The zero-order valence-corrected chi connectivity index (χ0v) is 11.7. The molecule has 3 rings (SSSR count). The number of hydrogen-bond donors (Lipinski definition) is 2. The van der Waals surface area contributed by atoms with Crippen molar-refractivity contribution in [2.45, 2.75) is 0 Å². The number of aromatic nitrogens is 2. The van der Waals surface area contributed by atoms with Crippen molar-refractivity contribution in [1.82, 2.24) is 10.2 Å². The summed E-state index contributed by atoms with van der Waals surface area (Å²) in [5, 5.41) is 17.0. The van der Waals surface area contributed by atoms with Gasteiger partial charge in [-0.2, -0.15) is 5.10 Å². The predicted molar refractivity (Wildman–Crippen MR) is 82.0 cm³/mol. The first-order chi connectivity index (χ1) is 10.7. The lowest BCUT2D eigenvalue weighted by Gasteiger charge is -2.16. The Balaban J connectivity index is 2.08. The maximum Gasteiger partial charge on any atom is 0.214 e. The van der Waals surface area contributed by atoms with Crippen molar-refractivity contribution in [1.29, 1.82) is 0 Å². The molecule has 0 aliphatic heterocycles. The number of aromatic amines is 1. The lowest BCUT2D eigenvalue weighted by molar-refractivity contribution is -0.107. The van der Waals surface area contributed by atoms with Gasteiger partial charge in [0.25, 0.3) is 0 Å². The van der Waals surface area contributed by atoms with Gasteiger partial charge in [0.15, 0.2) is 0 Å². The SMILES string of the molecule is O=CN(CCO)c1ccc2[nH]nc(-c3ccc(F)cc3)c2c1. The van der Waals surface area contributed by atoms with E-state index in [1.165, 1.54) is 17.0 Å². The molecule has 112 valence electrons. The highest BCUT2D eigenvalue weighted by atomic mass is 19.1. The van der Waals surface area contributed by atoms with Crippen LogP contribution >= 0.6 is 0 Å². The third-order valence-corrected chi connectivity index (χ3v) is 3.46. The summed E-state index contributed by atoms with van der Waals surface area (Å²) in [6, 6.07) is 11.5. The number of benzene rings is 2. The summed E-state index contributed by atoms with van der Waals surface area (Å²) in [6.45, 7) is 0.103.